The van der Waals surface area contributed by atoms with E-state index in [2.05, 4.69) is 29.9 Å². The van der Waals surface area contributed by atoms with Crippen LogP contribution in [0.25, 0.3) is 0 Å². The molecule has 9 nitrogen and oxygen atoms in total. The lowest BCUT2D eigenvalue weighted by molar-refractivity contribution is 0.0685. The Hall–Kier alpha value is -2.71. The molecular weight excluding hydrogens is 230 g/mol. The Morgan fingerprint density at radius 1 is 1.47 bits per heavy atom. The van der Waals surface area contributed by atoms with Crippen LogP contribution in [0.1, 0.15) is 26.8 Å². The first-order valence-corrected chi connectivity index (χ1v) is 4.48. The van der Waals surface area contributed by atoms with Crippen LogP contribution in [0.5, 0.6) is 0 Å². The molecule has 2 aromatic heterocycles. The second-order valence-corrected chi connectivity index (χ2v) is 2.96. The predicted molar refractivity (Wildman–Crippen MR) is 51.0 cm³/mol. The number of carboxylic acids is 1. The van der Waals surface area contributed by atoms with Crippen LogP contribution in [0.4, 0.5) is 0 Å². The molecule has 88 valence electrons. The van der Waals surface area contributed by atoms with Crippen molar-refractivity contribution in [2.75, 3.05) is 0 Å². The van der Waals surface area contributed by atoms with Gasteiger partial charge in [-0.05, 0) is 0 Å². The molecule has 2 aromatic rings. The molecule has 3 N–H and O–H groups in total. The molecule has 0 unspecified atom stereocenters. The molecule has 0 saturated carbocycles. The van der Waals surface area contributed by atoms with Gasteiger partial charge in [0, 0.05) is 0 Å². The molecule has 0 aromatic carbocycles. The number of hydrogen-bond acceptors (Lipinski definition) is 6. The van der Waals surface area contributed by atoms with Crippen LogP contribution in [-0.2, 0) is 6.54 Å². The number of aromatic amines is 1. The number of rotatable bonds is 4. The number of amides is 1. The van der Waals surface area contributed by atoms with Gasteiger partial charge in [-0.15, -0.1) is 0 Å². The van der Waals surface area contributed by atoms with Crippen LogP contribution in [0.15, 0.2) is 17.2 Å². The van der Waals surface area contributed by atoms with Crippen LogP contribution >= 0.6 is 0 Å². The first-order chi connectivity index (χ1) is 8.18. The van der Waals surface area contributed by atoms with Crippen molar-refractivity contribution in [2.45, 2.75) is 6.54 Å². The highest BCUT2D eigenvalue weighted by Gasteiger charge is 2.19. The minimum Gasteiger partial charge on any atom is -0.477 e. The van der Waals surface area contributed by atoms with Crippen molar-refractivity contribution in [3.05, 3.63) is 29.9 Å². The Morgan fingerprint density at radius 3 is 2.94 bits per heavy atom. The number of H-pyrrole nitrogens is 1. The molecule has 9 heteroatoms. The van der Waals surface area contributed by atoms with E-state index in [-0.39, 0.29) is 23.8 Å². The Bertz CT molecular complexity index is 532. The lowest BCUT2D eigenvalue weighted by Gasteiger charge is -2.00. The van der Waals surface area contributed by atoms with Crippen LogP contribution in [0, 0.1) is 0 Å². The van der Waals surface area contributed by atoms with Crippen LogP contribution in [0.2, 0.25) is 0 Å². The highest BCUT2D eigenvalue weighted by atomic mass is 16.5. The third kappa shape index (κ3) is 2.27. The average molecular weight is 237 g/mol. The zero-order chi connectivity index (χ0) is 12.3. The summed E-state index contributed by atoms with van der Waals surface area (Å²) in [6.07, 6.45) is 2.26. The van der Waals surface area contributed by atoms with E-state index in [9.17, 15) is 9.59 Å². The molecule has 0 radical (unpaired) electrons. The fourth-order valence-electron chi connectivity index (χ4n) is 1.14. The van der Waals surface area contributed by atoms with Crippen molar-refractivity contribution in [1.29, 1.82) is 0 Å². The lowest BCUT2D eigenvalue weighted by Crippen LogP contribution is -2.25. The second kappa shape index (κ2) is 4.43. The van der Waals surface area contributed by atoms with Crippen molar-refractivity contribution in [1.82, 2.24) is 25.4 Å². The monoisotopic (exact) mass is 237 g/mol. The third-order valence-corrected chi connectivity index (χ3v) is 1.88. The normalized spacial score (nSPS) is 10.1. The molecule has 0 aliphatic rings. The van der Waals surface area contributed by atoms with Gasteiger partial charge in [0.15, 0.2) is 17.2 Å². The average Bonchev–Trinajstić information content (AvgIpc) is 2.96. The minimum absolute atomic E-state index is 0.0290. The van der Waals surface area contributed by atoms with Crippen molar-refractivity contribution >= 4 is 11.9 Å². The van der Waals surface area contributed by atoms with Gasteiger partial charge in [0.05, 0.1) is 12.9 Å². The summed E-state index contributed by atoms with van der Waals surface area (Å²) in [6.45, 7) is 0.0290. The molecule has 0 aliphatic heterocycles. The molecule has 0 saturated heterocycles. The highest BCUT2D eigenvalue weighted by Crippen LogP contribution is 2.02. The summed E-state index contributed by atoms with van der Waals surface area (Å²) >= 11 is 0. The molecule has 17 heavy (non-hydrogen) atoms. The number of nitrogens with one attached hydrogen (secondary N) is 2. The molecule has 0 bridgehead atoms. The Balaban J connectivity index is 2.04. The van der Waals surface area contributed by atoms with Crippen LogP contribution in [-0.4, -0.2) is 37.1 Å². The summed E-state index contributed by atoms with van der Waals surface area (Å²) < 4.78 is 4.47. The van der Waals surface area contributed by atoms with E-state index >= 15 is 0 Å². The Morgan fingerprint density at radius 2 is 2.29 bits per heavy atom. The van der Waals surface area contributed by atoms with Crippen LogP contribution < -0.4 is 5.32 Å². The number of carbonyl (C=O) groups is 2. The van der Waals surface area contributed by atoms with Gasteiger partial charge in [0.1, 0.15) is 0 Å². The number of nitrogens with zero attached hydrogens (tertiary/aromatic N) is 3. The predicted octanol–water partition coefficient (Wildman–Crippen LogP) is -0.579. The summed E-state index contributed by atoms with van der Waals surface area (Å²) in [4.78, 5) is 32.0. The van der Waals surface area contributed by atoms with Gasteiger partial charge in [0.2, 0.25) is 6.39 Å². The molecule has 1 amide bonds. The summed E-state index contributed by atoms with van der Waals surface area (Å²) in [7, 11) is 0. The zero-order valence-corrected chi connectivity index (χ0v) is 8.38. The third-order valence-electron chi connectivity index (χ3n) is 1.88. The number of imidazole rings is 1. The van der Waals surface area contributed by atoms with E-state index in [1.165, 1.54) is 0 Å². The Kier molecular flexibility index (Phi) is 2.81. The molecule has 0 fully saturated rings. The van der Waals surface area contributed by atoms with E-state index in [0.717, 1.165) is 12.7 Å². The maximum Gasteiger partial charge on any atom is 0.354 e. The molecule has 2 rings (SSSR count). The van der Waals surface area contributed by atoms with Gasteiger partial charge in [-0.3, -0.25) is 4.79 Å². The number of aromatic nitrogens is 4. The lowest BCUT2D eigenvalue weighted by atomic mass is 10.3. The fraction of sp³-hybridized carbons (Fsp3) is 0.125. The van der Waals surface area contributed by atoms with Gasteiger partial charge < -0.3 is 19.9 Å². The fourth-order valence-corrected chi connectivity index (χ4v) is 1.14. The van der Waals surface area contributed by atoms with Gasteiger partial charge in [-0.2, -0.15) is 4.98 Å². The number of carbonyl (C=O) groups excluding carboxylic acids is 1. The molecule has 0 spiro atoms. The first kappa shape index (κ1) is 10.8. The van der Waals surface area contributed by atoms with E-state index in [0.29, 0.717) is 0 Å². The SMILES string of the molecule is O=C(NCc1ncon1)c1nc[nH]c1C(=O)O. The van der Waals surface area contributed by atoms with E-state index in [1.54, 1.807) is 0 Å². The van der Waals surface area contributed by atoms with Gasteiger partial charge in [-0.25, -0.2) is 9.78 Å². The quantitative estimate of drug-likeness (QED) is 0.647. The standard InChI is InChI=1S/C8H7N5O4/c14-7(9-1-4-12-3-17-13-4)5-6(8(15)16)11-2-10-5/h2-3H,1H2,(H,9,14)(H,10,11)(H,15,16). The second-order valence-electron chi connectivity index (χ2n) is 2.96. The molecule has 2 heterocycles. The van der Waals surface area contributed by atoms with Crippen molar-refractivity contribution in [3.63, 3.8) is 0 Å². The summed E-state index contributed by atoms with van der Waals surface area (Å²) in [6, 6.07) is 0. The maximum atomic E-state index is 11.6. The minimum atomic E-state index is -1.26. The topological polar surface area (TPSA) is 134 Å². The van der Waals surface area contributed by atoms with E-state index < -0.39 is 11.9 Å². The number of carboxylic acid groups (broad SMARTS) is 1. The van der Waals surface area contributed by atoms with Crippen molar-refractivity contribution < 1.29 is 19.2 Å². The van der Waals surface area contributed by atoms with Crippen molar-refractivity contribution in [3.8, 4) is 0 Å². The molecule has 0 aliphatic carbocycles. The van der Waals surface area contributed by atoms with Gasteiger partial charge >= 0.3 is 5.97 Å². The highest BCUT2D eigenvalue weighted by molar-refractivity contribution is 6.02. The summed E-state index contributed by atoms with van der Waals surface area (Å²) in [5.41, 5.74) is -0.461. The molecule has 0 atom stereocenters. The van der Waals surface area contributed by atoms with Crippen LogP contribution in [0.3, 0.4) is 0 Å². The largest absolute Gasteiger partial charge is 0.477 e. The maximum absolute atomic E-state index is 11.6. The Labute approximate surface area is 93.9 Å². The smallest absolute Gasteiger partial charge is 0.354 e. The zero-order valence-electron chi connectivity index (χ0n) is 8.38. The summed E-state index contributed by atoms with van der Waals surface area (Å²) in [5, 5.41) is 14.7. The van der Waals surface area contributed by atoms with Crippen molar-refractivity contribution in [2.24, 2.45) is 0 Å². The number of aromatic carboxylic acids is 1. The number of hydrogen-bond donors (Lipinski definition) is 3. The van der Waals surface area contributed by atoms with E-state index in [4.69, 9.17) is 5.11 Å². The van der Waals surface area contributed by atoms with Gasteiger partial charge in [0.25, 0.3) is 5.91 Å². The molecular formula is C8H7N5O4. The van der Waals surface area contributed by atoms with E-state index in [1.807, 2.05) is 0 Å². The summed E-state index contributed by atoms with van der Waals surface area (Å²) in [5.74, 6) is -1.61. The van der Waals surface area contributed by atoms with Gasteiger partial charge in [-0.1, -0.05) is 5.16 Å². The first-order valence-electron chi connectivity index (χ1n) is 4.48.